The van der Waals surface area contributed by atoms with Crippen molar-refractivity contribution in [2.45, 2.75) is 19.9 Å². The summed E-state index contributed by atoms with van der Waals surface area (Å²) in [5, 5.41) is 4.95. The molecule has 106 valence electrons. The Bertz CT molecular complexity index is 620. The zero-order chi connectivity index (χ0) is 14.7. The first-order chi connectivity index (χ1) is 9.54. The SMILES string of the molecule is COC(=O)C(Nc1nccc2cccc(N)c12)C(C)C. The van der Waals surface area contributed by atoms with Gasteiger partial charge in [0.2, 0.25) is 0 Å². The van der Waals surface area contributed by atoms with Crippen LogP contribution in [-0.2, 0) is 9.53 Å². The summed E-state index contributed by atoms with van der Waals surface area (Å²) < 4.78 is 4.83. The van der Waals surface area contributed by atoms with Gasteiger partial charge in [0, 0.05) is 17.3 Å². The summed E-state index contributed by atoms with van der Waals surface area (Å²) in [5.41, 5.74) is 6.65. The number of nitrogen functional groups attached to an aromatic ring is 1. The maximum Gasteiger partial charge on any atom is 0.328 e. The minimum atomic E-state index is -0.460. The summed E-state index contributed by atoms with van der Waals surface area (Å²) in [6.45, 7) is 3.89. The predicted octanol–water partition coefficient (Wildman–Crippen LogP) is 2.43. The van der Waals surface area contributed by atoms with Gasteiger partial charge in [-0.05, 0) is 23.4 Å². The Morgan fingerprint density at radius 1 is 1.35 bits per heavy atom. The molecule has 2 aromatic rings. The smallest absolute Gasteiger partial charge is 0.328 e. The molecule has 0 aliphatic heterocycles. The number of hydrogen-bond acceptors (Lipinski definition) is 5. The monoisotopic (exact) mass is 273 g/mol. The molecular formula is C15H19N3O2. The van der Waals surface area contributed by atoms with Crippen molar-refractivity contribution in [3.05, 3.63) is 30.5 Å². The van der Waals surface area contributed by atoms with Crippen molar-refractivity contribution < 1.29 is 9.53 Å². The van der Waals surface area contributed by atoms with Crippen LogP contribution in [-0.4, -0.2) is 24.1 Å². The highest BCUT2D eigenvalue weighted by molar-refractivity contribution is 6.01. The van der Waals surface area contributed by atoms with E-state index in [0.29, 0.717) is 11.5 Å². The Morgan fingerprint density at radius 3 is 2.75 bits per heavy atom. The van der Waals surface area contributed by atoms with Crippen LogP contribution in [0.15, 0.2) is 30.5 Å². The molecule has 0 saturated carbocycles. The summed E-state index contributed by atoms with van der Waals surface area (Å²) >= 11 is 0. The van der Waals surface area contributed by atoms with Crippen LogP contribution < -0.4 is 11.1 Å². The number of hydrogen-bond donors (Lipinski definition) is 2. The Labute approximate surface area is 118 Å². The minimum absolute atomic E-state index is 0.0736. The maximum atomic E-state index is 11.8. The van der Waals surface area contributed by atoms with E-state index >= 15 is 0 Å². The molecule has 0 aliphatic carbocycles. The van der Waals surface area contributed by atoms with Gasteiger partial charge >= 0.3 is 5.97 Å². The fourth-order valence-corrected chi connectivity index (χ4v) is 2.14. The molecule has 0 amide bonds. The van der Waals surface area contributed by atoms with E-state index in [9.17, 15) is 4.79 Å². The van der Waals surface area contributed by atoms with Crippen molar-refractivity contribution >= 4 is 28.2 Å². The lowest BCUT2D eigenvalue weighted by molar-refractivity contribution is -0.142. The van der Waals surface area contributed by atoms with Gasteiger partial charge in [-0.3, -0.25) is 0 Å². The highest BCUT2D eigenvalue weighted by Crippen LogP contribution is 2.28. The molecule has 1 aromatic carbocycles. The number of rotatable bonds is 4. The van der Waals surface area contributed by atoms with Crippen LogP contribution in [0.25, 0.3) is 10.8 Å². The first-order valence-corrected chi connectivity index (χ1v) is 6.52. The second-order valence-corrected chi connectivity index (χ2v) is 4.99. The Balaban J connectivity index is 2.45. The number of nitrogens with two attached hydrogens (primary N) is 1. The number of nitrogens with zero attached hydrogens (tertiary/aromatic N) is 1. The van der Waals surface area contributed by atoms with Crippen molar-refractivity contribution in [3.63, 3.8) is 0 Å². The normalized spacial score (nSPS) is 12.4. The van der Waals surface area contributed by atoms with E-state index < -0.39 is 6.04 Å². The molecule has 0 spiro atoms. The summed E-state index contributed by atoms with van der Waals surface area (Å²) in [6, 6.07) is 7.09. The van der Waals surface area contributed by atoms with Crippen LogP contribution in [0.1, 0.15) is 13.8 Å². The highest BCUT2D eigenvalue weighted by Gasteiger charge is 2.24. The third kappa shape index (κ3) is 2.66. The zero-order valence-corrected chi connectivity index (χ0v) is 11.9. The maximum absolute atomic E-state index is 11.8. The van der Waals surface area contributed by atoms with E-state index in [1.807, 2.05) is 38.1 Å². The van der Waals surface area contributed by atoms with E-state index in [0.717, 1.165) is 10.8 Å². The number of carbonyl (C=O) groups excluding carboxylic acids is 1. The standard InChI is InChI=1S/C15H19N3O2/c1-9(2)13(15(19)20-3)18-14-12-10(7-8-17-14)5-4-6-11(12)16/h4-9,13H,16H2,1-3H3,(H,17,18). The number of anilines is 2. The summed E-state index contributed by atoms with van der Waals surface area (Å²) in [6.07, 6.45) is 1.69. The van der Waals surface area contributed by atoms with Crippen molar-refractivity contribution in [2.24, 2.45) is 5.92 Å². The van der Waals surface area contributed by atoms with Crippen LogP contribution in [0.4, 0.5) is 11.5 Å². The molecule has 1 unspecified atom stereocenters. The van der Waals surface area contributed by atoms with Crippen LogP contribution in [0, 0.1) is 5.92 Å². The van der Waals surface area contributed by atoms with Crippen molar-refractivity contribution in [1.29, 1.82) is 0 Å². The van der Waals surface area contributed by atoms with Crippen LogP contribution >= 0.6 is 0 Å². The summed E-state index contributed by atoms with van der Waals surface area (Å²) in [7, 11) is 1.38. The lowest BCUT2D eigenvalue weighted by Crippen LogP contribution is -2.35. The van der Waals surface area contributed by atoms with Gasteiger partial charge in [-0.15, -0.1) is 0 Å². The Kier molecular flexibility index (Phi) is 4.08. The van der Waals surface area contributed by atoms with Gasteiger partial charge in [-0.2, -0.15) is 0 Å². The number of benzene rings is 1. The Morgan fingerprint density at radius 2 is 2.10 bits per heavy atom. The number of esters is 1. The molecule has 1 aromatic heterocycles. The quantitative estimate of drug-likeness (QED) is 0.661. The van der Waals surface area contributed by atoms with Gasteiger partial charge in [-0.25, -0.2) is 9.78 Å². The number of aromatic nitrogens is 1. The summed E-state index contributed by atoms with van der Waals surface area (Å²) in [5.74, 6) is 0.363. The topological polar surface area (TPSA) is 77.2 Å². The second-order valence-electron chi connectivity index (χ2n) is 4.99. The first-order valence-electron chi connectivity index (χ1n) is 6.52. The van der Waals surface area contributed by atoms with Crippen LogP contribution in [0.2, 0.25) is 0 Å². The molecule has 0 bridgehead atoms. The van der Waals surface area contributed by atoms with Crippen LogP contribution in [0.3, 0.4) is 0 Å². The van der Waals surface area contributed by atoms with Crippen LogP contribution in [0.5, 0.6) is 0 Å². The number of pyridine rings is 1. The second kappa shape index (κ2) is 5.77. The van der Waals surface area contributed by atoms with Crippen molar-refractivity contribution in [3.8, 4) is 0 Å². The number of carbonyl (C=O) groups is 1. The van der Waals surface area contributed by atoms with E-state index in [4.69, 9.17) is 10.5 Å². The molecule has 1 atom stereocenters. The van der Waals surface area contributed by atoms with Gasteiger partial charge in [0.15, 0.2) is 0 Å². The molecule has 2 rings (SSSR count). The number of ether oxygens (including phenoxy) is 1. The zero-order valence-electron chi connectivity index (χ0n) is 11.9. The minimum Gasteiger partial charge on any atom is -0.467 e. The van der Waals surface area contributed by atoms with Crippen molar-refractivity contribution in [2.75, 3.05) is 18.2 Å². The molecule has 5 nitrogen and oxygen atoms in total. The van der Waals surface area contributed by atoms with Gasteiger partial charge in [0.25, 0.3) is 0 Å². The average molecular weight is 273 g/mol. The van der Waals surface area contributed by atoms with Gasteiger partial charge in [0.05, 0.1) is 7.11 Å². The van der Waals surface area contributed by atoms with E-state index in [1.54, 1.807) is 6.20 Å². The molecule has 20 heavy (non-hydrogen) atoms. The third-order valence-corrected chi connectivity index (χ3v) is 3.24. The number of fused-ring (bicyclic) bond motifs is 1. The molecule has 0 radical (unpaired) electrons. The molecular weight excluding hydrogens is 254 g/mol. The predicted molar refractivity (Wildman–Crippen MR) is 80.4 cm³/mol. The molecule has 0 saturated heterocycles. The van der Waals surface area contributed by atoms with E-state index in [1.165, 1.54) is 7.11 Å². The fourth-order valence-electron chi connectivity index (χ4n) is 2.14. The van der Waals surface area contributed by atoms with Gasteiger partial charge in [-0.1, -0.05) is 26.0 Å². The molecule has 0 aliphatic rings. The van der Waals surface area contributed by atoms with Gasteiger partial charge in [0.1, 0.15) is 11.9 Å². The lowest BCUT2D eigenvalue weighted by atomic mass is 10.0. The summed E-state index contributed by atoms with van der Waals surface area (Å²) in [4.78, 5) is 16.1. The molecule has 5 heteroatoms. The molecule has 3 N–H and O–H groups in total. The third-order valence-electron chi connectivity index (χ3n) is 3.24. The number of nitrogens with one attached hydrogen (secondary N) is 1. The Hall–Kier alpha value is -2.30. The fraction of sp³-hybridized carbons (Fsp3) is 0.333. The van der Waals surface area contributed by atoms with Gasteiger partial charge < -0.3 is 15.8 Å². The average Bonchev–Trinajstić information content (AvgIpc) is 2.43. The molecule has 0 fully saturated rings. The highest BCUT2D eigenvalue weighted by atomic mass is 16.5. The number of methoxy groups -OCH3 is 1. The van der Waals surface area contributed by atoms with Crippen molar-refractivity contribution in [1.82, 2.24) is 4.98 Å². The van der Waals surface area contributed by atoms with E-state index in [-0.39, 0.29) is 11.9 Å². The van der Waals surface area contributed by atoms with E-state index in [2.05, 4.69) is 10.3 Å². The lowest BCUT2D eigenvalue weighted by Gasteiger charge is -2.21. The molecule has 1 heterocycles. The largest absolute Gasteiger partial charge is 0.467 e. The first kappa shape index (κ1) is 14.1.